The molecule has 0 aromatic heterocycles. The number of likely N-dealkylation sites (tertiary alicyclic amines) is 1. The summed E-state index contributed by atoms with van der Waals surface area (Å²) >= 11 is 0. The zero-order chi connectivity index (χ0) is 12.4. The average Bonchev–Trinajstić information content (AvgIpc) is 2.86. The number of carboxylic acid groups (broad SMARTS) is 1. The number of hydrogen-bond acceptors (Lipinski definition) is 4. The Kier molecular flexibility index (Phi) is 4.01. The predicted octanol–water partition coefficient (Wildman–Crippen LogP) is 1.08. The fourth-order valence-corrected chi connectivity index (χ4v) is 2.72. The Balaban J connectivity index is 1.83. The maximum Gasteiger partial charge on any atom is 0.335 e. The number of hydrogen-bond donors (Lipinski definition) is 1. The Hall–Kier alpha value is -0.650. The molecule has 0 radical (unpaired) electrons. The summed E-state index contributed by atoms with van der Waals surface area (Å²) in [6, 6.07) is 0.992. The van der Waals surface area contributed by atoms with Crippen LogP contribution in [0.2, 0.25) is 0 Å². The molecule has 1 N–H and O–H groups in total. The molecule has 0 aliphatic carbocycles. The fraction of sp³-hybridized carbons (Fsp3) is 0.917. The van der Waals surface area contributed by atoms with Gasteiger partial charge in [-0.25, -0.2) is 4.79 Å². The lowest BCUT2D eigenvalue weighted by molar-refractivity contribution is -0.151. The molecular formula is C12H21NO4. The highest BCUT2D eigenvalue weighted by Gasteiger charge is 2.35. The smallest absolute Gasteiger partial charge is 0.335 e. The Bertz CT molecular complexity index is 282. The largest absolute Gasteiger partial charge is 0.479 e. The van der Waals surface area contributed by atoms with E-state index in [2.05, 4.69) is 18.7 Å². The first-order chi connectivity index (χ1) is 8.08. The van der Waals surface area contributed by atoms with Crippen molar-refractivity contribution in [1.82, 2.24) is 4.90 Å². The molecule has 0 aromatic rings. The molecule has 2 fully saturated rings. The zero-order valence-corrected chi connectivity index (χ0v) is 10.5. The lowest BCUT2D eigenvalue weighted by Gasteiger charge is -2.29. The van der Waals surface area contributed by atoms with E-state index in [0.717, 1.165) is 19.4 Å². The van der Waals surface area contributed by atoms with Gasteiger partial charge in [0, 0.05) is 18.5 Å². The van der Waals surface area contributed by atoms with Crippen molar-refractivity contribution in [1.29, 1.82) is 0 Å². The zero-order valence-electron chi connectivity index (χ0n) is 10.5. The summed E-state index contributed by atoms with van der Waals surface area (Å²) in [6.45, 7) is 5.68. The number of ether oxygens (including phenoxy) is 2. The third kappa shape index (κ3) is 2.97. The molecule has 2 heterocycles. The molecule has 5 nitrogen and oxygen atoms in total. The molecule has 3 unspecified atom stereocenters. The second-order valence-corrected chi connectivity index (χ2v) is 5.09. The Morgan fingerprint density at radius 1 is 1.53 bits per heavy atom. The van der Waals surface area contributed by atoms with Gasteiger partial charge in [-0.15, -0.1) is 0 Å². The average molecular weight is 243 g/mol. The van der Waals surface area contributed by atoms with E-state index < -0.39 is 12.1 Å². The molecule has 2 aliphatic heterocycles. The molecule has 2 aliphatic rings. The van der Waals surface area contributed by atoms with Crippen molar-refractivity contribution in [3.8, 4) is 0 Å². The van der Waals surface area contributed by atoms with Crippen molar-refractivity contribution in [2.75, 3.05) is 13.2 Å². The maximum absolute atomic E-state index is 10.7. The summed E-state index contributed by atoms with van der Waals surface area (Å²) in [5.74, 6) is -0.931. The highest BCUT2D eigenvalue weighted by atomic mass is 16.7. The van der Waals surface area contributed by atoms with Gasteiger partial charge in [-0.3, -0.25) is 4.90 Å². The van der Waals surface area contributed by atoms with Crippen LogP contribution in [-0.2, 0) is 14.3 Å². The predicted molar refractivity (Wildman–Crippen MR) is 61.7 cm³/mol. The van der Waals surface area contributed by atoms with Gasteiger partial charge in [0.05, 0.1) is 6.61 Å². The van der Waals surface area contributed by atoms with E-state index in [1.54, 1.807) is 0 Å². The Labute approximate surface area is 102 Å². The van der Waals surface area contributed by atoms with Crippen LogP contribution in [0.25, 0.3) is 0 Å². The van der Waals surface area contributed by atoms with Gasteiger partial charge in [0.1, 0.15) is 0 Å². The summed E-state index contributed by atoms with van der Waals surface area (Å²) in [4.78, 5) is 13.2. The molecule has 0 amide bonds. The quantitative estimate of drug-likeness (QED) is 0.800. The van der Waals surface area contributed by atoms with Crippen LogP contribution in [0.5, 0.6) is 0 Å². The molecule has 0 spiro atoms. The van der Waals surface area contributed by atoms with Gasteiger partial charge in [-0.1, -0.05) is 0 Å². The lowest BCUT2D eigenvalue weighted by atomic mass is 10.1. The minimum absolute atomic E-state index is 0.175. The number of carboxylic acids is 1. The van der Waals surface area contributed by atoms with Crippen LogP contribution < -0.4 is 0 Å². The van der Waals surface area contributed by atoms with Gasteiger partial charge in [0.25, 0.3) is 0 Å². The molecule has 2 saturated heterocycles. The summed E-state index contributed by atoms with van der Waals surface area (Å²) in [5, 5.41) is 8.82. The molecular weight excluding hydrogens is 222 g/mol. The van der Waals surface area contributed by atoms with E-state index in [0.29, 0.717) is 12.1 Å². The number of rotatable bonds is 4. The topological polar surface area (TPSA) is 59.0 Å². The van der Waals surface area contributed by atoms with E-state index in [1.807, 2.05) is 0 Å². The molecule has 2 rings (SSSR count). The lowest BCUT2D eigenvalue weighted by Crippen LogP contribution is -2.37. The van der Waals surface area contributed by atoms with E-state index >= 15 is 0 Å². The molecule has 0 aromatic carbocycles. The first-order valence-electron chi connectivity index (χ1n) is 6.33. The van der Waals surface area contributed by atoms with Crippen molar-refractivity contribution < 1.29 is 19.4 Å². The second-order valence-electron chi connectivity index (χ2n) is 5.09. The van der Waals surface area contributed by atoms with Crippen LogP contribution in [0.4, 0.5) is 0 Å². The van der Waals surface area contributed by atoms with Crippen LogP contribution in [0.3, 0.4) is 0 Å². The molecule has 98 valence electrons. The van der Waals surface area contributed by atoms with Gasteiger partial charge >= 0.3 is 5.97 Å². The van der Waals surface area contributed by atoms with Crippen molar-refractivity contribution in [3.05, 3.63) is 0 Å². The number of aliphatic carboxylic acids is 1. The molecule has 0 bridgehead atoms. The highest BCUT2D eigenvalue weighted by Crippen LogP contribution is 2.27. The van der Waals surface area contributed by atoms with Gasteiger partial charge in [0.2, 0.25) is 0 Å². The fourth-order valence-electron chi connectivity index (χ4n) is 2.72. The molecule has 0 saturated carbocycles. The van der Waals surface area contributed by atoms with Crippen LogP contribution in [0.1, 0.15) is 33.1 Å². The second kappa shape index (κ2) is 5.33. The minimum Gasteiger partial charge on any atom is -0.479 e. The van der Waals surface area contributed by atoms with Crippen LogP contribution in [0, 0.1) is 0 Å². The van der Waals surface area contributed by atoms with E-state index in [-0.39, 0.29) is 12.9 Å². The van der Waals surface area contributed by atoms with Crippen LogP contribution in [-0.4, -0.2) is 53.6 Å². The Morgan fingerprint density at radius 3 is 2.88 bits per heavy atom. The van der Waals surface area contributed by atoms with E-state index in [4.69, 9.17) is 14.6 Å². The number of nitrogens with zero attached hydrogens (tertiary/aromatic N) is 1. The van der Waals surface area contributed by atoms with Gasteiger partial charge in [0.15, 0.2) is 12.4 Å². The van der Waals surface area contributed by atoms with Gasteiger partial charge < -0.3 is 14.6 Å². The van der Waals surface area contributed by atoms with Crippen LogP contribution >= 0.6 is 0 Å². The molecule has 5 heteroatoms. The molecule has 17 heavy (non-hydrogen) atoms. The standard InChI is InChI=1S/C12H21NO4/c1-8(2)13-5-3-4-9(13)6-11-16-7-10(17-11)12(14)15/h8-11H,3-7H2,1-2H3,(H,14,15). The number of carbonyl (C=O) groups is 1. The highest BCUT2D eigenvalue weighted by molar-refractivity contribution is 5.72. The maximum atomic E-state index is 10.7. The van der Waals surface area contributed by atoms with E-state index in [1.165, 1.54) is 6.42 Å². The van der Waals surface area contributed by atoms with Crippen molar-refractivity contribution in [2.24, 2.45) is 0 Å². The Morgan fingerprint density at radius 2 is 2.29 bits per heavy atom. The SMILES string of the molecule is CC(C)N1CCCC1CC1OCC(C(=O)O)O1. The summed E-state index contributed by atoms with van der Waals surface area (Å²) < 4.78 is 10.8. The third-order valence-corrected chi connectivity index (χ3v) is 3.58. The summed E-state index contributed by atoms with van der Waals surface area (Å²) in [7, 11) is 0. The normalized spacial score (nSPS) is 34.6. The van der Waals surface area contributed by atoms with E-state index in [9.17, 15) is 4.79 Å². The third-order valence-electron chi connectivity index (χ3n) is 3.58. The first-order valence-corrected chi connectivity index (χ1v) is 6.33. The van der Waals surface area contributed by atoms with Crippen LogP contribution in [0.15, 0.2) is 0 Å². The van der Waals surface area contributed by atoms with Crippen molar-refractivity contribution in [2.45, 2.75) is 57.6 Å². The summed E-state index contributed by atoms with van der Waals surface area (Å²) in [6.07, 6.45) is 2.01. The van der Waals surface area contributed by atoms with Crippen molar-refractivity contribution in [3.63, 3.8) is 0 Å². The summed E-state index contributed by atoms with van der Waals surface area (Å²) in [5.41, 5.74) is 0. The minimum atomic E-state index is -0.931. The monoisotopic (exact) mass is 243 g/mol. The first kappa shape index (κ1) is 12.8. The van der Waals surface area contributed by atoms with Crippen molar-refractivity contribution >= 4 is 5.97 Å². The van der Waals surface area contributed by atoms with Gasteiger partial charge in [-0.05, 0) is 33.2 Å². The van der Waals surface area contributed by atoms with Gasteiger partial charge in [-0.2, -0.15) is 0 Å². The molecule has 3 atom stereocenters.